The zero-order valence-corrected chi connectivity index (χ0v) is 14.0. The van der Waals surface area contributed by atoms with Crippen LogP contribution >= 0.6 is 0 Å². The van der Waals surface area contributed by atoms with E-state index in [4.69, 9.17) is 0 Å². The number of aromatic nitrogens is 3. The Balaban J connectivity index is 2.16. The first-order chi connectivity index (χ1) is 10.9. The van der Waals surface area contributed by atoms with Gasteiger partial charge in [0.2, 0.25) is 0 Å². The van der Waals surface area contributed by atoms with Gasteiger partial charge in [0.15, 0.2) is 9.84 Å². The fourth-order valence-corrected chi connectivity index (χ4v) is 3.16. The van der Waals surface area contributed by atoms with Crippen molar-refractivity contribution in [2.24, 2.45) is 7.05 Å². The van der Waals surface area contributed by atoms with Crippen molar-refractivity contribution in [1.29, 1.82) is 0 Å². The fraction of sp³-hybridized carbons (Fsp3) is 0.176. The smallest absolute Gasteiger partial charge is 0.175 e. The zero-order chi connectivity index (χ0) is 16.6. The summed E-state index contributed by atoms with van der Waals surface area (Å²) in [6.45, 7) is 2.01. The van der Waals surface area contributed by atoms with Gasteiger partial charge < -0.3 is 0 Å². The molecule has 23 heavy (non-hydrogen) atoms. The van der Waals surface area contributed by atoms with E-state index in [0.717, 1.165) is 28.1 Å². The van der Waals surface area contributed by atoms with Gasteiger partial charge in [-0.25, -0.2) is 8.42 Å². The Morgan fingerprint density at radius 1 is 0.957 bits per heavy atom. The number of hydrogen-bond donors (Lipinski definition) is 0. The molecule has 0 aliphatic carbocycles. The molecule has 0 saturated carbocycles. The van der Waals surface area contributed by atoms with E-state index in [1.807, 2.05) is 30.8 Å². The lowest BCUT2D eigenvalue weighted by molar-refractivity contribution is 0.602. The second-order valence-corrected chi connectivity index (χ2v) is 7.48. The van der Waals surface area contributed by atoms with E-state index < -0.39 is 9.84 Å². The number of sulfone groups is 1. The predicted molar refractivity (Wildman–Crippen MR) is 89.7 cm³/mol. The van der Waals surface area contributed by atoms with E-state index in [0.29, 0.717) is 4.90 Å². The molecule has 0 saturated heterocycles. The number of hydrogen-bond acceptors (Lipinski definition) is 4. The maximum Gasteiger partial charge on any atom is 0.175 e. The van der Waals surface area contributed by atoms with Gasteiger partial charge in [-0.3, -0.25) is 9.67 Å². The SMILES string of the molecule is Cc1c(-c2ccncc2)c(-c2ccc(S(C)(=O)=O)cc2)nn1C. The molecule has 0 aliphatic rings. The van der Waals surface area contributed by atoms with Crippen molar-refractivity contribution >= 4 is 9.84 Å². The van der Waals surface area contributed by atoms with E-state index >= 15 is 0 Å². The third-order valence-electron chi connectivity index (χ3n) is 3.86. The number of nitrogens with zero attached hydrogens (tertiary/aromatic N) is 3. The lowest BCUT2D eigenvalue weighted by atomic mass is 10.0. The molecule has 0 amide bonds. The molecule has 0 aliphatic heterocycles. The van der Waals surface area contributed by atoms with Crippen molar-refractivity contribution in [2.75, 3.05) is 6.26 Å². The van der Waals surface area contributed by atoms with Crippen LogP contribution in [0.5, 0.6) is 0 Å². The van der Waals surface area contributed by atoms with Crippen LogP contribution in [-0.2, 0) is 16.9 Å². The number of aryl methyl sites for hydroxylation is 1. The number of benzene rings is 1. The highest BCUT2D eigenvalue weighted by Crippen LogP contribution is 2.33. The third kappa shape index (κ3) is 2.90. The highest BCUT2D eigenvalue weighted by molar-refractivity contribution is 7.90. The fourth-order valence-electron chi connectivity index (χ4n) is 2.53. The molecule has 2 heterocycles. The topological polar surface area (TPSA) is 64.8 Å². The van der Waals surface area contributed by atoms with Crippen LogP contribution in [0.2, 0.25) is 0 Å². The molecule has 118 valence electrons. The molecule has 6 heteroatoms. The summed E-state index contributed by atoms with van der Waals surface area (Å²) in [7, 11) is -1.30. The summed E-state index contributed by atoms with van der Waals surface area (Å²) in [6.07, 6.45) is 4.70. The molecule has 0 bridgehead atoms. The summed E-state index contributed by atoms with van der Waals surface area (Å²) in [4.78, 5) is 4.36. The van der Waals surface area contributed by atoms with Gasteiger partial charge in [-0.1, -0.05) is 12.1 Å². The van der Waals surface area contributed by atoms with E-state index in [-0.39, 0.29) is 0 Å². The van der Waals surface area contributed by atoms with Gasteiger partial charge in [0, 0.05) is 42.5 Å². The molecule has 2 aromatic heterocycles. The molecule has 1 aromatic carbocycles. The lowest BCUT2D eigenvalue weighted by Gasteiger charge is -2.05. The zero-order valence-electron chi connectivity index (χ0n) is 13.2. The van der Waals surface area contributed by atoms with Crippen molar-refractivity contribution < 1.29 is 8.42 Å². The monoisotopic (exact) mass is 327 g/mol. The molecule has 3 rings (SSSR count). The Morgan fingerprint density at radius 3 is 2.13 bits per heavy atom. The van der Waals surface area contributed by atoms with Crippen molar-refractivity contribution in [3.05, 3.63) is 54.5 Å². The quantitative estimate of drug-likeness (QED) is 0.742. The first kappa shape index (κ1) is 15.4. The van der Waals surface area contributed by atoms with Crippen molar-refractivity contribution in [3.63, 3.8) is 0 Å². The van der Waals surface area contributed by atoms with Crippen LogP contribution in [0.1, 0.15) is 5.69 Å². The Bertz CT molecular complexity index is 944. The second-order valence-electron chi connectivity index (χ2n) is 5.47. The second kappa shape index (κ2) is 5.62. The Labute approximate surface area is 135 Å². The lowest BCUT2D eigenvalue weighted by Crippen LogP contribution is -1.96. The minimum absolute atomic E-state index is 0.305. The van der Waals surface area contributed by atoms with E-state index in [9.17, 15) is 8.42 Å². The molecular weight excluding hydrogens is 310 g/mol. The predicted octanol–water partition coefficient (Wildman–Crippen LogP) is 2.86. The van der Waals surface area contributed by atoms with Crippen LogP contribution < -0.4 is 0 Å². The summed E-state index contributed by atoms with van der Waals surface area (Å²) in [5, 5.41) is 4.60. The summed E-state index contributed by atoms with van der Waals surface area (Å²) in [5.74, 6) is 0. The molecule has 0 spiro atoms. The molecule has 3 aromatic rings. The molecular formula is C17H17N3O2S. The first-order valence-electron chi connectivity index (χ1n) is 7.12. The van der Waals surface area contributed by atoms with Crippen LogP contribution in [0, 0.1) is 6.92 Å². The average molecular weight is 327 g/mol. The molecule has 0 N–H and O–H groups in total. The van der Waals surface area contributed by atoms with Gasteiger partial charge in [-0.2, -0.15) is 5.10 Å². The van der Waals surface area contributed by atoms with Gasteiger partial charge in [0.05, 0.1) is 4.90 Å². The summed E-state index contributed by atoms with van der Waals surface area (Å²) in [5.41, 5.74) is 4.82. The molecule has 0 unspecified atom stereocenters. The normalized spacial score (nSPS) is 11.6. The molecule has 0 atom stereocenters. The molecule has 0 fully saturated rings. The van der Waals surface area contributed by atoms with Crippen LogP contribution in [-0.4, -0.2) is 29.4 Å². The maximum absolute atomic E-state index is 11.6. The van der Waals surface area contributed by atoms with Crippen LogP contribution in [0.15, 0.2) is 53.7 Å². The summed E-state index contributed by atoms with van der Waals surface area (Å²) in [6, 6.07) is 10.7. The van der Waals surface area contributed by atoms with E-state index in [1.165, 1.54) is 6.26 Å². The van der Waals surface area contributed by atoms with Crippen LogP contribution in [0.3, 0.4) is 0 Å². The Hall–Kier alpha value is -2.47. The Kier molecular flexibility index (Phi) is 3.77. The number of pyridine rings is 1. The van der Waals surface area contributed by atoms with Crippen molar-refractivity contribution in [1.82, 2.24) is 14.8 Å². The average Bonchev–Trinajstić information content (AvgIpc) is 2.83. The Morgan fingerprint density at radius 2 is 1.57 bits per heavy atom. The summed E-state index contributed by atoms with van der Waals surface area (Å²) < 4.78 is 25.0. The number of rotatable bonds is 3. The summed E-state index contributed by atoms with van der Waals surface area (Å²) >= 11 is 0. The maximum atomic E-state index is 11.6. The van der Waals surface area contributed by atoms with Crippen molar-refractivity contribution in [3.8, 4) is 22.4 Å². The third-order valence-corrected chi connectivity index (χ3v) is 4.99. The van der Waals surface area contributed by atoms with Gasteiger partial charge in [-0.15, -0.1) is 0 Å². The largest absolute Gasteiger partial charge is 0.272 e. The van der Waals surface area contributed by atoms with E-state index in [1.54, 1.807) is 36.7 Å². The van der Waals surface area contributed by atoms with Gasteiger partial charge in [-0.05, 0) is 36.8 Å². The first-order valence-corrected chi connectivity index (χ1v) is 9.01. The minimum Gasteiger partial charge on any atom is -0.272 e. The highest BCUT2D eigenvalue weighted by Gasteiger charge is 2.17. The highest BCUT2D eigenvalue weighted by atomic mass is 32.2. The molecule has 0 radical (unpaired) electrons. The van der Waals surface area contributed by atoms with Crippen LogP contribution in [0.25, 0.3) is 22.4 Å². The molecule has 5 nitrogen and oxygen atoms in total. The van der Waals surface area contributed by atoms with E-state index in [2.05, 4.69) is 10.1 Å². The standard InChI is InChI=1S/C17H17N3O2S/c1-12-16(13-8-10-18-11-9-13)17(19-20(12)2)14-4-6-15(7-5-14)23(3,21)22/h4-11H,1-3H3. The van der Waals surface area contributed by atoms with Crippen molar-refractivity contribution in [2.45, 2.75) is 11.8 Å². The van der Waals surface area contributed by atoms with Gasteiger partial charge in [0.25, 0.3) is 0 Å². The van der Waals surface area contributed by atoms with Gasteiger partial charge >= 0.3 is 0 Å². The minimum atomic E-state index is -3.20. The van der Waals surface area contributed by atoms with Gasteiger partial charge in [0.1, 0.15) is 5.69 Å². The van der Waals surface area contributed by atoms with Crippen LogP contribution in [0.4, 0.5) is 0 Å².